The summed E-state index contributed by atoms with van der Waals surface area (Å²) < 4.78 is 0. The average molecular weight is 486 g/mol. The summed E-state index contributed by atoms with van der Waals surface area (Å²) in [5.74, 6) is 0.000529. The zero-order valence-electron chi connectivity index (χ0n) is 20.7. The molecule has 4 aromatic rings. The molecule has 11 heteroatoms. The molecule has 4 aromatic heterocycles. The molecule has 0 spiro atoms. The Morgan fingerprint density at radius 2 is 2.00 bits per heavy atom. The van der Waals surface area contributed by atoms with Crippen molar-refractivity contribution in [3.05, 3.63) is 53.8 Å². The van der Waals surface area contributed by atoms with Gasteiger partial charge in [0.2, 0.25) is 5.91 Å². The van der Waals surface area contributed by atoms with Gasteiger partial charge in [0.25, 0.3) is 5.91 Å². The molecule has 2 amide bonds. The van der Waals surface area contributed by atoms with Gasteiger partial charge in [-0.25, -0.2) is 9.97 Å². The molecule has 0 radical (unpaired) electrons. The quantitative estimate of drug-likeness (QED) is 0.270. The molecule has 0 unspecified atom stereocenters. The monoisotopic (exact) mass is 485 g/mol. The number of amides is 2. The van der Waals surface area contributed by atoms with Crippen LogP contribution in [-0.2, 0) is 4.79 Å². The van der Waals surface area contributed by atoms with Gasteiger partial charge in [-0.15, -0.1) is 0 Å². The first-order valence-electron chi connectivity index (χ1n) is 11.2. The second kappa shape index (κ2) is 9.90. The number of aliphatic imine (C=N–C) groups is 1. The smallest absolute Gasteiger partial charge is 0.257 e. The summed E-state index contributed by atoms with van der Waals surface area (Å²) in [6.45, 7) is 9.03. The normalized spacial score (nSPS) is 12.4. The number of aromatic amines is 2. The third kappa shape index (κ3) is 4.76. The highest BCUT2D eigenvalue weighted by molar-refractivity contribution is 6.05. The average Bonchev–Trinajstić information content (AvgIpc) is 3.46. The van der Waals surface area contributed by atoms with E-state index < -0.39 is 0 Å². The molecule has 4 heterocycles. The van der Waals surface area contributed by atoms with Crippen LogP contribution in [0.4, 0.5) is 0 Å². The van der Waals surface area contributed by atoms with Gasteiger partial charge in [0, 0.05) is 38.6 Å². The van der Waals surface area contributed by atoms with E-state index in [1.54, 1.807) is 26.5 Å². The van der Waals surface area contributed by atoms with E-state index in [4.69, 9.17) is 0 Å². The molecule has 184 valence electrons. The molecule has 0 saturated heterocycles. The number of rotatable bonds is 7. The molecule has 0 aliphatic heterocycles. The van der Waals surface area contributed by atoms with E-state index in [1.165, 1.54) is 17.3 Å². The van der Waals surface area contributed by atoms with Crippen LogP contribution < -0.4 is 5.32 Å². The lowest BCUT2D eigenvalue weighted by molar-refractivity contribution is -0.123. The van der Waals surface area contributed by atoms with E-state index in [-0.39, 0.29) is 17.7 Å². The highest BCUT2D eigenvalue weighted by Gasteiger charge is 2.19. The molecule has 3 N–H and O–H groups in total. The molecule has 11 nitrogen and oxygen atoms in total. The second-order valence-electron chi connectivity index (χ2n) is 8.80. The van der Waals surface area contributed by atoms with E-state index in [2.05, 4.69) is 47.2 Å². The van der Waals surface area contributed by atoms with Crippen LogP contribution in [0.2, 0.25) is 0 Å². The van der Waals surface area contributed by atoms with Crippen molar-refractivity contribution >= 4 is 46.2 Å². The maximum atomic E-state index is 12.6. The molecular formula is C25H27N9O2. The van der Waals surface area contributed by atoms with E-state index in [9.17, 15) is 9.59 Å². The third-order valence-electron chi connectivity index (χ3n) is 5.52. The number of fused-ring (bicyclic) bond motifs is 2. The first-order chi connectivity index (χ1) is 17.2. The Morgan fingerprint density at radius 3 is 2.69 bits per heavy atom. The van der Waals surface area contributed by atoms with Gasteiger partial charge in [0.05, 0.1) is 28.4 Å². The molecule has 0 bridgehead atoms. The van der Waals surface area contributed by atoms with Gasteiger partial charge in [-0.05, 0) is 36.9 Å². The Hall–Kier alpha value is -4.67. The summed E-state index contributed by atoms with van der Waals surface area (Å²) in [4.78, 5) is 46.5. The predicted molar refractivity (Wildman–Crippen MR) is 139 cm³/mol. The van der Waals surface area contributed by atoms with Gasteiger partial charge in [0.15, 0.2) is 11.5 Å². The summed E-state index contributed by atoms with van der Waals surface area (Å²) in [5.41, 5.74) is 4.88. The molecule has 0 atom stereocenters. The van der Waals surface area contributed by atoms with Crippen molar-refractivity contribution in [1.82, 2.24) is 40.3 Å². The number of allylic oxidation sites excluding steroid dienone is 2. The summed E-state index contributed by atoms with van der Waals surface area (Å²) in [6, 6.07) is 1.94. The number of nitrogens with zero attached hydrogens (tertiary/aromatic N) is 6. The maximum Gasteiger partial charge on any atom is 0.257 e. The molecule has 0 fully saturated rings. The topological polar surface area (TPSA) is 145 Å². The van der Waals surface area contributed by atoms with Crippen LogP contribution in [0.25, 0.3) is 39.2 Å². The highest BCUT2D eigenvalue weighted by atomic mass is 16.2. The van der Waals surface area contributed by atoms with Crippen molar-refractivity contribution in [3.8, 4) is 11.5 Å². The first-order valence-corrected chi connectivity index (χ1v) is 11.2. The number of nitrogens with one attached hydrogen (secondary N) is 3. The molecule has 0 aliphatic rings. The van der Waals surface area contributed by atoms with Crippen molar-refractivity contribution in [1.29, 1.82) is 0 Å². The lowest BCUT2D eigenvalue weighted by Crippen LogP contribution is -2.26. The Labute approximate surface area is 207 Å². The summed E-state index contributed by atoms with van der Waals surface area (Å²) in [5, 5.41) is 10.9. The zero-order valence-corrected chi connectivity index (χ0v) is 20.7. The minimum Gasteiger partial charge on any atom is -0.345 e. The minimum absolute atomic E-state index is 0.119. The number of H-pyrrole nitrogens is 2. The van der Waals surface area contributed by atoms with Gasteiger partial charge in [-0.2, -0.15) is 5.10 Å². The fourth-order valence-electron chi connectivity index (χ4n) is 3.55. The van der Waals surface area contributed by atoms with E-state index in [0.717, 1.165) is 16.5 Å². The molecule has 36 heavy (non-hydrogen) atoms. The van der Waals surface area contributed by atoms with Crippen LogP contribution >= 0.6 is 0 Å². The molecule has 0 aliphatic carbocycles. The van der Waals surface area contributed by atoms with Gasteiger partial charge in [-0.3, -0.25) is 24.7 Å². The summed E-state index contributed by atoms with van der Waals surface area (Å²) in [7, 11) is 3.36. The fraction of sp³-hybridized carbons (Fsp3) is 0.240. The van der Waals surface area contributed by atoms with Gasteiger partial charge in [0.1, 0.15) is 11.2 Å². The zero-order chi connectivity index (χ0) is 26.0. The van der Waals surface area contributed by atoms with Gasteiger partial charge in [-0.1, -0.05) is 13.8 Å². The third-order valence-corrected chi connectivity index (χ3v) is 5.52. The summed E-state index contributed by atoms with van der Waals surface area (Å²) >= 11 is 0. The second-order valence-corrected chi connectivity index (χ2v) is 8.80. The standard InChI is InChI=1S/C25H27N9O2/c1-13(2)24(35)29-16(10-26-4)7-14(3)15-8-17-21(32-33-22(17)28-9-15)23-30-19-12-27-11-18(20(19)31-23)25(36)34(5)6/h7-13H,4H2,1-3,5-6H3,(H,29,35)(H,30,31)(H,28,32,33)/b14-7+,16-10+. The van der Waals surface area contributed by atoms with Crippen LogP contribution in [0.5, 0.6) is 0 Å². The van der Waals surface area contributed by atoms with Crippen molar-refractivity contribution in [2.75, 3.05) is 14.1 Å². The van der Waals surface area contributed by atoms with Crippen molar-refractivity contribution in [2.45, 2.75) is 20.8 Å². The van der Waals surface area contributed by atoms with Crippen LogP contribution in [0, 0.1) is 5.92 Å². The molecule has 4 rings (SSSR count). The first kappa shape index (κ1) is 24.5. The van der Waals surface area contributed by atoms with Crippen molar-refractivity contribution in [2.24, 2.45) is 10.9 Å². The highest BCUT2D eigenvalue weighted by Crippen LogP contribution is 2.28. The van der Waals surface area contributed by atoms with Gasteiger partial charge >= 0.3 is 0 Å². The number of hydrogen-bond donors (Lipinski definition) is 3. The Bertz CT molecular complexity index is 1540. The van der Waals surface area contributed by atoms with Crippen LogP contribution in [0.3, 0.4) is 0 Å². The largest absolute Gasteiger partial charge is 0.345 e. The number of imidazole rings is 1. The molecule has 0 saturated carbocycles. The van der Waals surface area contributed by atoms with E-state index in [1.807, 2.05) is 32.9 Å². The van der Waals surface area contributed by atoms with Crippen molar-refractivity contribution in [3.63, 3.8) is 0 Å². The number of carbonyl (C=O) groups excluding carboxylic acids is 2. The Morgan fingerprint density at radius 1 is 1.22 bits per heavy atom. The van der Waals surface area contributed by atoms with Crippen LogP contribution in [0.1, 0.15) is 36.7 Å². The lowest BCUT2D eigenvalue weighted by Gasteiger charge is -2.09. The lowest BCUT2D eigenvalue weighted by atomic mass is 10.1. The molecular weight excluding hydrogens is 458 g/mol. The number of pyridine rings is 2. The fourth-order valence-corrected chi connectivity index (χ4v) is 3.55. The Kier molecular flexibility index (Phi) is 6.73. The van der Waals surface area contributed by atoms with Gasteiger partial charge < -0.3 is 15.2 Å². The van der Waals surface area contributed by atoms with E-state index >= 15 is 0 Å². The SMILES string of the molecule is C=N/C=C(\C=C(/C)c1cnc2[nH]nc(-c3nc4c(C(=O)N(C)C)cncc4[nH]3)c2c1)NC(=O)C(C)C. The minimum atomic E-state index is -0.190. The van der Waals surface area contributed by atoms with Crippen molar-refractivity contribution < 1.29 is 9.59 Å². The summed E-state index contributed by atoms with van der Waals surface area (Å²) in [6.07, 6.45) is 8.15. The van der Waals surface area contributed by atoms with E-state index in [0.29, 0.717) is 39.5 Å². The van der Waals surface area contributed by atoms with Crippen LogP contribution in [-0.4, -0.2) is 67.7 Å². The maximum absolute atomic E-state index is 12.6. The number of carbonyl (C=O) groups is 2. The Balaban J connectivity index is 1.75. The van der Waals surface area contributed by atoms with Crippen LogP contribution in [0.15, 0.2) is 47.6 Å². The number of aromatic nitrogens is 6. The predicted octanol–water partition coefficient (Wildman–Crippen LogP) is 3.32. The number of hydrogen-bond acceptors (Lipinski definition) is 7. The molecule has 0 aromatic carbocycles.